The van der Waals surface area contributed by atoms with E-state index in [-0.39, 0.29) is 17.2 Å². The van der Waals surface area contributed by atoms with Gasteiger partial charge in [-0.15, -0.1) is 0 Å². The van der Waals surface area contributed by atoms with E-state index in [4.69, 9.17) is 5.73 Å². The maximum atomic E-state index is 13.1. The standard InChI is InChI=1S/C21H29N3O2/c22-11-8-19(25)23-12-9-21(10-13-23)14-18(16-4-2-1-3-5-16)20(26)24(15-21)17-6-7-17/h1-5,17-18H,6-15,22H2/t18-/m0/s1. The van der Waals surface area contributed by atoms with Crippen LogP contribution in [0.25, 0.3) is 0 Å². The molecule has 3 aliphatic rings. The maximum absolute atomic E-state index is 13.1. The first-order valence-corrected chi connectivity index (χ1v) is 9.95. The molecule has 2 aliphatic heterocycles. The molecule has 3 fully saturated rings. The smallest absolute Gasteiger partial charge is 0.230 e. The molecule has 0 radical (unpaired) electrons. The summed E-state index contributed by atoms with van der Waals surface area (Å²) in [6.07, 6.45) is 5.62. The van der Waals surface area contributed by atoms with Crippen molar-refractivity contribution in [2.45, 2.75) is 50.5 Å². The zero-order valence-electron chi connectivity index (χ0n) is 15.4. The van der Waals surface area contributed by atoms with Crippen LogP contribution in [0.1, 0.15) is 50.0 Å². The highest BCUT2D eigenvalue weighted by atomic mass is 16.2. The average molecular weight is 355 g/mol. The number of nitrogens with zero attached hydrogens (tertiary/aromatic N) is 2. The molecule has 1 spiro atoms. The second-order valence-corrected chi connectivity index (χ2v) is 8.28. The number of hydrogen-bond acceptors (Lipinski definition) is 3. The molecule has 2 amide bonds. The zero-order valence-corrected chi connectivity index (χ0v) is 15.4. The second-order valence-electron chi connectivity index (χ2n) is 8.28. The molecule has 2 N–H and O–H groups in total. The van der Waals surface area contributed by atoms with Crippen LogP contribution in [0.2, 0.25) is 0 Å². The van der Waals surface area contributed by atoms with Gasteiger partial charge in [0.05, 0.1) is 5.92 Å². The first kappa shape index (κ1) is 17.5. The molecule has 2 heterocycles. The molecule has 1 aromatic carbocycles. The Bertz CT molecular complexity index is 663. The third-order valence-electron chi connectivity index (χ3n) is 6.45. The quantitative estimate of drug-likeness (QED) is 0.900. The van der Waals surface area contributed by atoms with E-state index in [1.807, 2.05) is 23.1 Å². The molecular formula is C21H29N3O2. The molecule has 4 rings (SSSR count). The van der Waals surface area contributed by atoms with Crippen LogP contribution in [0.15, 0.2) is 30.3 Å². The molecule has 140 valence electrons. The first-order chi connectivity index (χ1) is 12.6. The largest absolute Gasteiger partial charge is 0.343 e. The number of likely N-dealkylation sites (tertiary alicyclic amines) is 2. The fraction of sp³-hybridized carbons (Fsp3) is 0.619. The van der Waals surface area contributed by atoms with Crippen molar-refractivity contribution in [1.82, 2.24) is 9.80 Å². The Morgan fingerprint density at radius 1 is 1.15 bits per heavy atom. The lowest BCUT2D eigenvalue weighted by atomic mass is 9.67. The van der Waals surface area contributed by atoms with E-state index in [0.29, 0.717) is 24.9 Å². The summed E-state index contributed by atoms with van der Waals surface area (Å²) < 4.78 is 0. The van der Waals surface area contributed by atoms with Crippen molar-refractivity contribution in [1.29, 1.82) is 0 Å². The molecule has 2 saturated heterocycles. The highest BCUT2D eigenvalue weighted by molar-refractivity contribution is 5.85. The van der Waals surface area contributed by atoms with Gasteiger partial charge in [-0.3, -0.25) is 9.59 Å². The summed E-state index contributed by atoms with van der Waals surface area (Å²) in [5.74, 6) is 0.454. The van der Waals surface area contributed by atoms with Crippen LogP contribution >= 0.6 is 0 Å². The summed E-state index contributed by atoms with van der Waals surface area (Å²) in [6, 6.07) is 10.7. The number of amides is 2. The van der Waals surface area contributed by atoms with Crippen molar-refractivity contribution < 1.29 is 9.59 Å². The van der Waals surface area contributed by atoms with E-state index in [1.54, 1.807) is 0 Å². The minimum absolute atomic E-state index is 0.0307. The number of hydrogen-bond donors (Lipinski definition) is 1. The first-order valence-electron chi connectivity index (χ1n) is 9.95. The van der Waals surface area contributed by atoms with E-state index in [9.17, 15) is 9.59 Å². The van der Waals surface area contributed by atoms with Crippen LogP contribution in [0.5, 0.6) is 0 Å². The van der Waals surface area contributed by atoms with E-state index < -0.39 is 0 Å². The van der Waals surface area contributed by atoms with Crippen molar-refractivity contribution in [3.8, 4) is 0 Å². The lowest BCUT2D eigenvalue weighted by Crippen LogP contribution is -2.55. The summed E-state index contributed by atoms with van der Waals surface area (Å²) in [4.78, 5) is 29.4. The maximum Gasteiger partial charge on any atom is 0.230 e. The van der Waals surface area contributed by atoms with Gasteiger partial charge in [-0.25, -0.2) is 0 Å². The minimum atomic E-state index is -0.0307. The van der Waals surface area contributed by atoms with Gasteiger partial charge in [-0.05, 0) is 43.1 Å². The number of nitrogens with two attached hydrogens (primary N) is 1. The summed E-state index contributed by atoms with van der Waals surface area (Å²) in [5, 5.41) is 0. The van der Waals surface area contributed by atoms with Crippen LogP contribution < -0.4 is 5.73 Å². The Hall–Kier alpha value is -1.88. The zero-order chi connectivity index (χ0) is 18.1. The Labute approximate surface area is 155 Å². The minimum Gasteiger partial charge on any atom is -0.343 e. The van der Waals surface area contributed by atoms with Crippen LogP contribution in [0.4, 0.5) is 0 Å². The summed E-state index contributed by atoms with van der Waals surface area (Å²) in [6.45, 7) is 2.89. The fourth-order valence-corrected chi connectivity index (χ4v) is 4.74. The SMILES string of the molecule is NCCC(=O)N1CCC2(CC1)C[C@@H](c1ccccc1)C(=O)N(C1CC1)C2. The molecule has 0 aromatic heterocycles. The summed E-state index contributed by atoms with van der Waals surface area (Å²) in [5.41, 5.74) is 6.83. The Balaban J connectivity index is 1.53. The van der Waals surface area contributed by atoms with Gasteiger partial charge in [0, 0.05) is 38.6 Å². The number of carbonyl (C=O) groups excluding carboxylic acids is 2. The lowest BCUT2D eigenvalue weighted by molar-refractivity contribution is -0.145. The molecule has 26 heavy (non-hydrogen) atoms. The number of carbonyl (C=O) groups is 2. The molecule has 5 nitrogen and oxygen atoms in total. The van der Waals surface area contributed by atoms with Gasteiger partial charge in [-0.1, -0.05) is 30.3 Å². The third kappa shape index (κ3) is 3.37. The van der Waals surface area contributed by atoms with Crippen molar-refractivity contribution >= 4 is 11.8 Å². The van der Waals surface area contributed by atoms with Crippen LogP contribution in [0, 0.1) is 5.41 Å². The van der Waals surface area contributed by atoms with Crippen molar-refractivity contribution in [3.63, 3.8) is 0 Å². The van der Waals surface area contributed by atoms with Gasteiger partial charge in [0.15, 0.2) is 0 Å². The molecular weight excluding hydrogens is 326 g/mol. The second kappa shape index (κ2) is 7.03. The molecule has 1 aromatic rings. The van der Waals surface area contributed by atoms with Gasteiger partial charge >= 0.3 is 0 Å². The molecule has 0 unspecified atom stereocenters. The van der Waals surface area contributed by atoms with E-state index in [1.165, 1.54) is 0 Å². The van der Waals surface area contributed by atoms with Gasteiger partial charge in [-0.2, -0.15) is 0 Å². The third-order valence-corrected chi connectivity index (χ3v) is 6.45. The summed E-state index contributed by atoms with van der Waals surface area (Å²) in [7, 11) is 0. The normalized spacial score (nSPS) is 25.6. The molecule has 0 bridgehead atoms. The van der Waals surface area contributed by atoms with E-state index in [2.05, 4.69) is 17.0 Å². The fourth-order valence-electron chi connectivity index (χ4n) is 4.74. The molecule has 1 atom stereocenters. The molecule has 1 aliphatic carbocycles. The number of benzene rings is 1. The Kier molecular flexibility index (Phi) is 4.74. The monoisotopic (exact) mass is 355 g/mol. The van der Waals surface area contributed by atoms with Crippen LogP contribution in [0.3, 0.4) is 0 Å². The van der Waals surface area contributed by atoms with Crippen molar-refractivity contribution in [3.05, 3.63) is 35.9 Å². The highest BCUT2D eigenvalue weighted by Gasteiger charge is 2.49. The van der Waals surface area contributed by atoms with Gasteiger partial charge in [0.25, 0.3) is 0 Å². The highest BCUT2D eigenvalue weighted by Crippen LogP contribution is 2.48. The predicted molar refractivity (Wildman–Crippen MR) is 100 cm³/mol. The van der Waals surface area contributed by atoms with Gasteiger partial charge in [0.1, 0.15) is 0 Å². The van der Waals surface area contributed by atoms with Crippen molar-refractivity contribution in [2.75, 3.05) is 26.2 Å². The Morgan fingerprint density at radius 2 is 1.85 bits per heavy atom. The van der Waals surface area contributed by atoms with E-state index >= 15 is 0 Å². The van der Waals surface area contributed by atoms with Gasteiger partial charge < -0.3 is 15.5 Å². The lowest BCUT2D eigenvalue weighted by Gasteiger charge is -2.50. The number of rotatable bonds is 4. The van der Waals surface area contributed by atoms with Crippen LogP contribution in [-0.4, -0.2) is 53.8 Å². The summed E-state index contributed by atoms with van der Waals surface area (Å²) >= 11 is 0. The van der Waals surface area contributed by atoms with E-state index in [0.717, 1.165) is 57.3 Å². The average Bonchev–Trinajstić information content (AvgIpc) is 3.50. The topological polar surface area (TPSA) is 66.6 Å². The molecule has 5 heteroatoms. The molecule has 1 saturated carbocycles. The predicted octanol–water partition coefficient (Wildman–Crippen LogP) is 2.12. The van der Waals surface area contributed by atoms with Gasteiger partial charge in [0.2, 0.25) is 11.8 Å². The van der Waals surface area contributed by atoms with Crippen molar-refractivity contribution in [2.24, 2.45) is 11.1 Å². The number of piperidine rings is 2. The Morgan fingerprint density at radius 3 is 2.46 bits per heavy atom. The van der Waals surface area contributed by atoms with Crippen LogP contribution in [-0.2, 0) is 9.59 Å².